The molecule has 0 aromatic heterocycles. The van der Waals surface area contributed by atoms with Crippen LogP contribution in [0.5, 0.6) is 0 Å². The molecule has 0 amide bonds. The summed E-state index contributed by atoms with van der Waals surface area (Å²) in [4.78, 5) is 24.1. The fourth-order valence-corrected chi connectivity index (χ4v) is 10.7. The van der Waals surface area contributed by atoms with Gasteiger partial charge in [0.2, 0.25) is 8.65 Å². The highest BCUT2D eigenvalue weighted by atomic mass is 32.1. The van der Waals surface area contributed by atoms with Crippen LogP contribution in [0.25, 0.3) is 10.4 Å². The molecule has 4 aliphatic rings. The van der Waals surface area contributed by atoms with E-state index in [1.807, 2.05) is 62.3 Å². The van der Waals surface area contributed by atoms with Crippen molar-refractivity contribution < 1.29 is 58.5 Å². The minimum Gasteiger partial charge on any atom is -0.459 e. The number of hydrogen-bond donors (Lipinski definition) is 6. The molecule has 4 rings (SSSR count). The van der Waals surface area contributed by atoms with Crippen molar-refractivity contribution in [3.8, 4) is 0 Å². The molecule has 386 valence electrons. The first-order chi connectivity index (χ1) is 31.8. The number of aliphatic hydroxyl groups excluding tert-OH is 3. The molecule has 16 nitrogen and oxygen atoms in total. The molecule has 0 aromatic carbocycles. The summed E-state index contributed by atoms with van der Waals surface area (Å²) in [5.41, 5.74) is 6.26. The molecule has 4 fully saturated rings. The zero-order valence-corrected chi connectivity index (χ0v) is 44.8. The second-order valence-electron chi connectivity index (χ2n) is 21.1. The van der Waals surface area contributed by atoms with Crippen molar-refractivity contribution in [1.82, 2.24) is 0 Å². The topological polar surface area (TPSA) is 224 Å². The lowest BCUT2D eigenvalue weighted by molar-refractivity contribution is -0.305. The van der Waals surface area contributed by atoms with Crippen LogP contribution in [-0.4, -0.2) is 133 Å². The quantitative estimate of drug-likeness (QED) is 0.0194. The monoisotopic (exact) mass is 983 g/mol. The normalized spacial score (nSPS) is 40.7. The van der Waals surface area contributed by atoms with Gasteiger partial charge < -0.3 is 53.7 Å². The maximum atomic E-state index is 14.7. The van der Waals surface area contributed by atoms with E-state index in [2.05, 4.69) is 49.1 Å². The predicted molar refractivity (Wildman–Crippen MR) is 263 cm³/mol. The molecule has 3 heterocycles. The van der Waals surface area contributed by atoms with Gasteiger partial charge in [-0.25, -0.2) is 0 Å². The Balaban J connectivity index is 0.00000386. The summed E-state index contributed by atoms with van der Waals surface area (Å²) in [6.45, 7) is 26.5. The number of cyclic esters (lactones) is 1. The van der Waals surface area contributed by atoms with Crippen molar-refractivity contribution in [3.05, 3.63) is 10.4 Å². The van der Waals surface area contributed by atoms with Crippen molar-refractivity contribution >= 4 is 36.9 Å². The van der Waals surface area contributed by atoms with E-state index in [0.29, 0.717) is 37.8 Å². The fourth-order valence-electron chi connectivity index (χ4n) is 10.7. The first kappa shape index (κ1) is 57.2. The SMILES string of the molecule is CS.CS.[3H]OC1C(C)CC(C)OC1O[C@@H]1[C@@H](C)[C@H](OC2CC(C)(C)C(O[3H])C(C)O2)[C@@H](C)C(=O)O[C@H](CCN=[N+]=[N-])[C@@](C)(O)[C@H](O)[C@@H](C)/C(=N/OC2(OC(C)C)CCCCC2)[C@H](C)CC1(C)C. The molecule has 0 aromatic rings. The number of aliphatic hydroxyl groups is 4. The van der Waals surface area contributed by atoms with Crippen molar-refractivity contribution in [2.45, 2.75) is 234 Å². The lowest BCUT2D eigenvalue weighted by atomic mass is 9.69. The smallest absolute Gasteiger partial charge is 0.311 e. The Morgan fingerprint density at radius 1 is 0.894 bits per heavy atom. The Labute approximate surface area is 410 Å². The third kappa shape index (κ3) is 15.8. The number of carbonyl (C=O) groups is 1. The number of oxime groups is 1. The Bertz CT molecular complexity index is 1590. The first-order valence-electron chi connectivity index (χ1n) is 25.0. The van der Waals surface area contributed by atoms with Crippen LogP contribution in [-0.2, 0) is 38.1 Å². The van der Waals surface area contributed by atoms with E-state index in [0.717, 1.165) is 19.3 Å². The Kier molecular flexibility index (Phi) is 23.1. The molecule has 1 saturated carbocycles. The number of ether oxygens (including phenoxy) is 6. The Hall–Kier alpha value is -1.41. The summed E-state index contributed by atoms with van der Waals surface area (Å²) < 4.78 is 55.4. The van der Waals surface area contributed by atoms with E-state index in [4.69, 9.17) is 51.5 Å². The average Bonchev–Trinajstić information content (AvgIpc) is 3.26. The molecule has 0 bridgehead atoms. The predicted octanol–water partition coefficient (Wildman–Crippen LogP) is 8.66. The minimum absolute atomic E-state index is 0.0666. The summed E-state index contributed by atoms with van der Waals surface area (Å²) >= 11 is 7.06. The van der Waals surface area contributed by atoms with E-state index in [9.17, 15) is 20.5 Å². The number of thiol groups is 2. The molecule has 0 spiro atoms. The third-order valence-electron chi connectivity index (χ3n) is 14.1. The van der Waals surface area contributed by atoms with Gasteiger partial charge in [0.05, 0.1) is 54.4 Å². The van der Waals surface area contributed by atoms with Crippen LogP contribution in [0.15, 0.2) is 10.3 Å². The molecule has 3 saturated heterocycles. The summed E-state index contributed by atoms with van der Waals surface area (Å²) in [6, 6.07) is 0. The van der Waals surface area contributed by atoms with Crippen LogP contribution in [0.3, 0.4) is 0 Å². The van der Waals surface area contributed by atoms with Crippen molar-refractivity contribution in [2.75, 3.05) is 19.1 Å². The number of azide groups is 1. The van der Waals surface area contributed by atoms with Gasteiger partial charge in [0.25, 0.3) is 0 Å². The van der Waals surface area contributed by atoms with E-state index >= 15 is 0 Å². The van der Waals surface area contributed by atoms with E-state index in [-0.39, 0.29) is 31.1 Å². The average molecular weight is 983 g/mol. The number of rotatable bonds is 13. The van der Waals surface area contributed by atoms with Gasteiger partial charge in [0.1, 0.15) is 17.8 Å². The van der Waals surface area contributed by atoms with Crippen LogP contribution in [0.4, 0.5) is 0 Å². The zero-order chi connectivity index (χ0) is 51.9. The molecule has 4 N–H and O–H groups in total. The van der Waals surface area contributed by atoms with Crippen LogP contribution >= 0.6 is 25.3 Å². The zero-order valence-electron chi connectivity index (χ0n) is 45.0. The van der Waals surface area contributed by atoms with Gasteiger partial charge in [-0.05, 0) is 114 Å². The van der Waals surface area contributed by atoms with Crippen LogP contribution in [0.2, 0.25) is 0 Å². The fraction of sp³-hybridized carbons (Fsp3) is 0.958. The summed E-state index contributed by atoms with van der Waals surface area (Å²) in [6.07, 6.45) is 0.329. The van der Waals surface area contributed by atoms with Gasteiger partial charge in [-0.15, -0.1) is 0 Å². The highest BCUT2D eigenvalue weighted by Crippen LogP contribution is 2.45. The summed E-state index contributed by atoms with van der Waals surface area (Å²) in [7, 11) is 0. The summed E-state index contributed by atoms with van der Waals surface area (Å²) in [5.74, 6) is -4.64. The van der Waals surface area contributed by atoms with Crippen LogP contribution < -0.4 is 0 Å². The highest BCUT2D eigenvalue weighted by Gasteiger charge is 2.52. The maximum Gasteiger partial charge on any atom is 0.311 e. The minimum atomic E-state index is -2.07. The second-order valence-corrected chi connectivity index (χ2v) is 21.1. The number of hydrogen-bond acceptors (Lipinski definition) is 16. The largest absolute Gasteiger partial charge is 0.459 e. The van der Waals surface area contributed by atoms with E-state index in [1.165, 1.54) is 6.92 Å². The van der Waals surface area contributed by atoms with E-state index < -0.39 is 107 Å². The summed E-state index contributed by atoms with van der Waals surface area (Å²) in [5, 5.41) is 43.7. The van der Waals surface area contributed by atoms with Gasteiger partial charge in [0.15, 0.2) is 12.6 Å². The van der Waals surface area contributed by atoms with Crippen LogP contribution in [0, 0.1) is 40.4 Å². The van der Waals surface area contributed by atoms with Crippen molar-refractivity contribution in [1.29, 1.82) is 2.86 Å². The molecule has 66 heavy (non-hydrogen) atoms. The van der Waals surface area contributed by atoms with Gasteiger partial charge in [-0.2, -0.15) is 25.3 Å². The third-order valence-corrected chi connectivity index (χ3v) is 14.1. The van der Waals surface area contributed by atoms with Gasteiger partial charge in [-0.3, -0.25) is 4.79 Å². The van der Waals surface area contributed by atoms with E-state index in [1.54, 1.807) is 26.4 Å². The molecule has 0 radical (unpaired) electrons. The Morgan fingerprint density at radius 2 is 1.53 bits per heavy atom. The van der Waals surface area contributed by atoms with Crippen molar-refractivity contribution in [3.63, 3.8) is 0 Å². The molecular weight excluding hydrogens is 889 g/mol. The van der Waals surface area contributed by atoms with Gasteiger partial charge in [0, 0.05) is 42.6 Å². The maximum absolute atomic E-state index is 14.7. The number of carbonyl (C=O) groups excluding carboxylic acids is 1. The highest BCUT2D eigenvalue weighted by molar-refractivity contribution is 7.79. The van der Waals surface area contributed by atoms with Gasteiger partial charge in [-0.1, -0.05) is 72.1 Å². The lowest BCUT2D eigenvalue weighted by Gasteiger charge is -2.49. The number of nitrogens with zero attached hydrogens (tertiary/aromatic N) is 4. The Morgan fingerprint density at radius 3 is 2.09 bits per heavy atom. The molecule has 18 heteroatoms. The molecule has 3 aliphatic heterocycles. The lowest BCUT2D eigenvalue weighted by Crippen LogP contribution is -2.58. The second kappa shape index (κ2) is 26.7. The standard InChI is InChI=1S/C46H82N4O12.2CH4S/c1-25(2)61-46(19-16-15-17-20-46)62-49-35-27(4)23-44(12,13)40(60-42-36(51)26(3)22-28(5)56-42)30(7)37(59-34-24-43(10,11)39(53)32(9)57-34)31(8)41(54)58-33(18-21-48-50-47)45(14,55)38(52)29(35)6;2*1-2/h25-34,36-40,42,51-53,55H,15-24H2,1-14H3;2*2H,1H3/b49-35+;;/t26?,27-,28?,29+,30+,31-,32?,33-,34?,36?,37+,38-,39?,40-,42?,45-;;/m1../s1/i51T,53T;;. The number of esters is 1. The molecule has 1 aliphatic carbocycles. The van der Waals surface area contributed by atoms with Gasteiger partial charge >= 0.3 is 5.97 Å². The van der Waals surface area contributed by atoms with Crippen molar-refractivity contribution in [2.24, 2.45) is 50.7 Å². The molecular formula is C48H90N4O12S2. The molecule has 16 atom stereocenters. The molecule has 7 unspecified atom stereocenters. The van der Waals surface area contributed by atoms with Crippen LogP contribution in [0.1, 0.15) is 155 Å². The first-order valence-corrected chi connectivity index (χ1v) is 25.9.